The van der Waals surface area contributed by atoms with Gasteiger partial charge in [-0.25, -0.2) is 8.78 Å². The summed E-state index contributed by atoms with van der Waals surface area (Å²) in [5.74, 6) is -2.58. The summed E-state index contributed by atoms with van der Waals surface area (Å²) < 4.78 is 25.9. The molecule has 3 nitrogen and oxygen atoms in total. The number of nitrogens with two attached hydrogens (primary N) is 1. The number of carboxylic acid groups (broad SMARTS) is 1. The van der Waals surface area contributed by atoms with Crippen LogP contribution in [0.15, 0.2) is 18.2 Å². The molecule has 0 bridgehead atoms. The van der Waals surface area contributed by atoms with Crippen molar-refractivity contribution >= 4 is 5.97 Å². The molecule has 0 radical (unpaired) electrons. The monoisotopic (exact) mass is 257 g/mol. The van der Waals surface area contributed by atoms with Gasteiger partial charge in [-0.05, 0) is 37.0 Å². The topological polar surface area (TPSA) is 63.3 Å². The fourth-order valence-electron chi connectivity index (χ4n) is 1.72. The molecule has 0 amide bonds. The summed E-state index contributed by atoms with van der Waals surface area (Å²) in [6.45, 7) is 1.61. The van der Waals surface area contributed by atoms with Gasteiger partial charge in [-0.2, -0.15) is 0 Å². The van der Waals surface area contributed by atoms with Gasteiger partial charge in [0, 0.05) is 12.1 Å². The molecule has 1 rings (SSSR count). The summed E-state index contributed by atoms with van der Waals surface area (Å²) in [6, 6.07) is 2.99. The molecule has 18 heavy (non-hydrogen) atoms. The van der Waals surface area contributed by atoms with Crippen molar-refractivity contribution in [1.29, 1.82) is 0 Å². The first-order valence-electron chi connectivity index (χ1n) is 5.82. The van der Waals surface area contributed by atoms with E-state index in [0.29, 0.717) is 24.8 Å². The molecule has 0 heterocycles. The Morgan fingerprint density at radius 1 is 1.28 bits per heavy atom. The molecule has 1 aromatic carbocycles. The van der Waals surface area contributed by atoms with Gasteiger partial charge in [-0.1, -0.05) is 6.92 Å². The Labute approximate surface area is 105 Å². The Balaban J connectivity index is 2.49. The largest absolute Gasteiger partial charge is 0.481 e. The Morgan fingerprint density at radius 3 is 2.33 bits per heavy atom. The van der Waals surface area contributed by atoms with Gasteiger partial charge in [0.15, 0.2) is 0 Å². The van der Waals surface area contributed by atoms with E-state index < -0.39 is 23.5 Å². The zero-order valence-electron chi connectivity index (χ0n) is 10.2. The van der Waals surface area contributed by atoms with Crippen LogP contribution >= 0.6 is 0 Å². The SMILES string of the molecule is C[C@@H](CCC(N)Cc1cc(F)cc(F)c1)C(=O)O. The van der Waals surface area contributed by atoms with Gasteiger partial charge >= 0.3 is 5.97 Å². The van der Waals surface area contributed by atoms with Crippen LogP contribution in [-0.2, 0) is 11.2 Å². The van der Waals surface area contributed by atoms with E-state index in [2.05, 4.69) is 0 Å². The van der Waals surface area contributed by atoms with Crippen LogP contribution in [0.4, 0.5) is 8.78 Å². The highest BCUT2D eigenvalue weighted by Crippen LogP contribution is 2.13. The summed E-state index contributed by atoms with van der Waals surface area (Å²) >= 11 is 0. The lowest BCUT2D eigenvalue weighted by molar-refractivity contribution is -0.141. The number of carbonyl (C=O) groups is 1. The van der Waals surface area contributed by atoms with Crippen LogP contribution in [0.25, 0.3) is 0 Å². The second-order valence-corrected chi connectivity index (χ2v) is 4.56. The van der Waals surface area contributed by atoms with Crippen LogP contribution in [0, 0.1) is 17.6 Å². The second-order valence-electron chi connectivity index (χ2n) is 4.56. The number of aliphatic carboxylic acids is 1. The Kier molecular flexibility index (Phi) is 5.22. The lowest BCUT2D eigenvalue weighted by Crippen LogP contribution is -2.24. The highest BCUT2D eigenvalue weighted by molar-refractivity contribution is 5.69. The van der Waals surface area contributed by atoms with Crippen molar-refractivity contribution in [1.82, 2.24) is 0 Å². The average molecular weight is 257 g/mol. The van der Waals surface area contributed by atoms with Crippen molar-refractivity contribution in [2.45, 2.75) is 32.2 Å². The van der Waals surface area contributed by atoms with Crippen molar-refractivity contribution in [3.8, 4) is 0 Å². The maximum atomic E-state index is 12.9. The molecule has 0 fully saturated rings. The third kappa shape index (κ3) is 4.79. The first-order chi connectivity index (χ1) is 8.38. The third-order valence-corrected chi connectivity index (χ3v) is 2.81. The molecule has 3 N–H and O–H groups in total. The molecule has 0 saturated carbocycles. The van der Waals surface area contributed by atoms with Crippen molar-refractivity contribution in [2.24, 2.45) is 11.7 Å². The van der Waals surface area contributed by atoms with Crippen molar-refractivity contribution < 1.29 is 18.7 Å². The molecule has 5 heteroatoms. The lowest BCUT2D eigenvalue weighted by atomic mass is 9.97. The smallest absolute Gasteiger partial charge is 0.306 e. The van der Waals surface area contributed by atoms with E-state index in [1.54, 1.807) is 6.92 Å². The zero-order chi connectivity index (χ0) is 13.7. The highest BCUT2D eigenvalue weighted by atomic mass is 19.1. The van der Waals surface area contributed by atoms with Gasteiger partial charge < -0.3 is 10.8 Å². The molecule has 0 aliphatic rings. The minimum Gasteiger partial charge on any atom is -0.481 e. The summed E-state index contributed by atoms with van der Waals surface area (Å²) in [6.07, 6.45) is 1.29. The first-order valence-corrected chi connectivity index (χ1v) is 5.82. The van der Waals surface area contributed by atoms with E-state index in [1.165, 1.54) is 12.1 Å². The van der Waals surface area contributed by atoms with Crippen LogP contribution in [0.1, 0.15) is 25.3 Å². The number of carboxylic acids is 1. The maximum absolute atomic E-state index is 12.9. The Bertz CT molecular complexity index is 403. The molecule has 0 aliphatic heterocycles. The fourth-order valence-corrected chi connectivity index (χ4v) is 1.72. The predicted molar refractivity (Wildman–Crippen MR) is 64.1 cm³/mol. The third-order valence-electron chi connectivity index (χ3n) is 2.81. The van der Waals surface area contributed by atoms with E-state index in [1.807, 2.05) is 0 Å². The van der Waals surface area contributed by atoms with Crippen molar-refractivity contribution in [3.05, 3.63) is 35.4 Å². The minimum atomic E-state index is -0.862. The number of hydrogen-bond donors (Lipinski definition) is 2. The molecule has 1 unspecified atom stereocenters. The summed E-state index contributed by atoms with van der Waals surface area (Å²) in [5, 5.41) is 8.72. The lowest BCUT2D eigenvalue weighted by Gasteiger charge is -2.13. The van der Waals surface area contributed by atoms with Gasteiger partial charge in [-0.3, -0.25) is 4.79 Å². The van der Waals surface area contributed by atoms with Gasteiger partial charge in [0.05, 0.1) is 5.92 Å². The molecular formula is C13H17F2NO2. The fraction of sp³-hybridized carbons (Fsp3) is 0.462. The average Bonchev–Trinajstić information content (AvgIpc) is 2.24. The predicted octanol–water partition coefficient (Wildman–Crippen LogP) is 2.34. The number of benzene rings is 1. The summed E-state index contributed by atoms with van der Waals surface area (Å²) in [7, 11) is 0. The van der Waals surface area contributed by atoms with Gasteiger partial charge in [-0.15, -0.1) is 0 Å². The first kappa shape index (κ1) is 14.6. The summed E-state index contributed by atoms with van der Waals surface area (Å²) in [4.78, 5) is 10.6. The van der Waals surface area contributed by atoms with Crippen LogP contribution in [-0.4, -0.2) is 17.1 Å². The van der Waals surface area contributed by atoms with E-state index in [4.69, 9.17) is 10.8 Å². The number of rotatable bonds is 6. The minimum absolute atomic E-state index is 0.298. The molecule has 100 valence electrons. The Morgan fingerprint density at radius 2 is 1.83 bits per heavy atom. The van der Waals surface area contributed by atoms with Crippen LogP contribution in [0.5, 0.6) is 0 Å². The normalized spacial score (nSPS) is 14.2. The highest BCUT2D eigenvalue weighted by Gasteiger charge is 2.13. The van der Waals surface area contributed by atoms with Gasteiger partial charge in [0.1, 0.15) is 11.6 Å². The molecular weight excluding hydrogens is 240 g/mol. The molecule has 0 aromatic heterocycles. The van der Waals surface area contributed by atoms with Gasteiger partial charge in [0.2, 0.25) is 0 Å². The van der Waals surface area contributed by atoms with Crippen LogP contribution in [0.3, 0.4) is 0 Å². The number of halogens is 2. The van der Waals surface area contributed by atoms with E-state index in [0.717, 1.165) is 6.07 Å². The Hall–Kier alpha value is -1.49. The summed E-state index contributed by atoms with van der Waals surface area (Å²) in [5.41, 5.74) is 6.31. The van der Waals surface area contributed by atoms with E-state index in [9.17, 15) is 13.6 Å². The van der Waals surface area contributed by atoms with Gasteiger partial charge in [0.25, 0.3) is 0 Å². The molecule has 0 spiro atoms. The van der Waals surface area contributed by atoms with Crippen molar-refractivity contribution in [3.63, 3.8) is 0 Å². The molecule has 0 aliphatic carbocycles. The number of hydrogen-bond acceptors (Lipinski definition) is 2. The quantitative estimate of drug-likeness (QED) is 0.822. The molecule has 0 saturated heterocycles. The maximum Gasteiger partial charge on any atom is 0.306 e. The second kappa shape index (κ2) is 6.44. The molecule has 2 atom stereocenters. The van der Waals surface area contributed by atoms with Crippen molar-refractivity contribution in [2.75, 3.05) is 0 Å². The molecule has 1 aromatic rings. The van der Waals surface area contributed by atoms with E-state index >= 15 is 0 Å². The van der Waals surface area contributed by atoms with Crippen LogP contribution < -0.4 is 5.73 Å². The van der Waals surface area contributed by atoms with E-state index in [-0.39, 0.29) is 6.04 Å². The zero-order valence-corrected chi connectivity index (χ0v) is 10.2. The van der Waals surface area contributed by atoms with Crippen LogP contribution in [0.2, 0.25) is 0 Å². The standard InChI is InChI=1S/C13H17F2NO2/c1-8(13(17)18)2-3-12(16)6-9-4-10(14)7-11(15)5-9/h4-5,7-8,12H,2-3,6,16H2,1H3,(H,17,18)/t8-,12?/m0/s1.